The van der Waals surface area contributed by atoms with Crippen LogP contribution < -0.4 is 20.7 Å². The summed E-state index contributed by atoms with van der Waals surface area (Å²) in [6.45, 7) is 7.03. The van der Waals surface area contributed by atoms with Crippen molar-refractivity contribution in [3.05, 3.63) is 53.1 Å². The van der Waals surface area contributed by atoms with Crippen molar-refractivity contribution < 1.29 is 36.6 Å². The Kier molecular flexibility index (Phi) is 11.0. The highest BCUT2D eigenvalue weighted by Crippen LogP contribution is 2.29. The van der Waals surface area contributed by atoms with Crippen molar-refractivity contribution in [1.82, 2.24) is 25.1 Å². The van der Waals surface area contributed by atoms with Crippen molar-refractivity contribution in [2.45, 2.75) is 51.5 Å². The lowest BCUT2D eigenvalue weighted by Crippen LogP contribution is -2.57. The molecule has 1 saturated heterocycles. The van der Waals surface area contributed by atoms with Crippen LogP contribution in [0, 0.1) is 23.6 Å². The highest BCUT2D eigenvalue weighted by molar-refractivity contribution is 6.05. The van der Waals surface area contributed by atoms with Crippen molar-refractivity contribution in [3.8, 4) is 17.6 Å². The maximum Gasteiger partial charge on any atom is 0.406 e. The third kappa shape index (κ3) is 8.52. The number of aromatic nitrogens is 2. The summed E-state index contributed by atoms with van der Waals surface area (Å²) in [4.78, 5) is 32.2. The maximum absolute atomic E-state index is 14.4. The first-order chi connectivity index (χ1) is 22.2. The predicted octanol–water partition coefficient (Wildman–Crippen LogP) is 4.43. The summed E-state index contributed by atoms with van der Waals surface area (Å²) in [7, 11) is 4.39. The van der Waals surface area contributed by atoms with Crippen molar-refractivity contribution in [2.75, 3.05) is 52.8 Å². The topological polar surface area (TPSA) is 110 Å². The Morgan fingerprint density at radius 1 is 1.11 bits per heavy atom. The van der Waals surface area contributed by atoms with Gasteiger partial charge in [0.25, 0.3) is 11.8 Å². The number of carbonyl (C=O) groups is 2. The number of rotatable bonds is 10. The molecule has 0 radical (unpaired) electrons. The third-order valence-corrected chi connectivity index (χ3v) is 8.26. The molecular weight excluding hydrogens is 620 g/mol. The first-order valence-corrected chi connectivity index (χ1v) is 15.1. The summed E-state index contributed by atoms with van der Waals surface area (Å²) in [5, 5.41) is 8.43. The first kappa shape index (κ1) is 35.5. The molecule has 1 aromatic heterocycles. The van der Waals surface area contributed by atoms with Gasteiger partial charge in [-0.25, -0.2) is 9.37 Å². The second-order valence-corrected chi connectivity index (χ2v) is 12.2. The van der Waals surface area contributed by atoms with Crippen LogP contribution in [0.1, 0.15) is 53.5 Å². The van der Waals surface area contributed by atoms with E-state index in [0.717, 1.165) is 30.1 Å². The van der Waals surface area contributed by atoms with Gasteiger partial charge in [-0.15, -0.1) is 0 Å². The second kappa shape index (κ2) is 14.6. The average Bonchev–Trinajstić information content (AvgIpc) is 3.40. The standard InChI is InChI=1S/C33H40F4N6O4/c1-20-16-43(32(2,3)18-46-5)11-9-25(20)41-31(45)23-12-21(13-27-29(23)40-19-42(27)17-33(35,36)37)8-7-10-39-26-14-22(30(44)38-4)24(34)15-28(26)47-6/h12-15,19-20,25,39H,9-11,16-18H2,1-6H3,(H,38,44)(H,41,45)/t20-,25-/m1/s1. The van der Waals surface area contributed by atoms with Crippen LogP contribution >= 0.6 is 0 Å². The number of piperidine rings is 1. The van der Waals surface area contributed by atoms with E-state index >= 15 is 0 Å². The van der Waals surface area contributed by atoms with Gasteiger partial charge in [0.2, 0.25) is 0 Å². The van der Waals surface area contributed by atoms with Gasteiger partial charge in [-0.05, 0) is 44.4 Å². The Morgan fingerprint density at radius 3 is 2.49 bits per heavy atom. The molecule has 3 N–H and O–H groups in total. The number of ether oxygens (including phenoxy) is 2. The van der Waals surface area contributed by atoms with Crippen LogP contribution in [0.5, 0.6) is 5.75 Å². The van der Waals surface area contributed by atoms with E-state index in [0.29, 0.717) is 24.3 Å². The van der Waals surface area contributed by atoms with Crippen LogP contribution in [0.15, 0.2) is 30.6 Å². The number of halogens is 4. The van der Waals surface area contributed by atoms with Crippen molar-refractivity contribution in [3.63, 3.8) is 0 Å². The Bertz CT molecular complexity index is 1680. The van der Waals surface area contributed by atoms with Gasteiger partial charge in [0, 0.05) is 50.5 Å². The molecule has 1 fully saturated rings. The van der Waals surface area contributed by atoms with Crippen LogP contribution in [0.3, 0.4) is 0 Å². The molecule has 2 heterocycles. The highest BCUT2D eigenvalue weighted by atomic mass is 19.4. The third-order valence-electron chi connectivity index (χ3n) is 8.26. The number of hydrogen-bond donors (Lipinski definition) is 3. The molecule has 1 aliphatic heterocycles. The Labute approximate surface area is 271 Å². The number of imidazole rings is 1. The zero-order chi connectivity index (χ0) is 34.5. The van der Waals surface area contributed by atoms with Crippen LogP contribution in [-0.2, 0) is 11.3 Å². The molecule has 0 unspecified atom stereocenters. The fraction of sp³-hybridized carbons (Fsp3) is 0.485. The van der Waals surface area contributed by atoms with Gasteiger partial charge in [-0.3, -0.25) is 14.5 Å². The second-order valence-electron chi connectivity index (χ2n) is 12.2. The fourth-order valence-electron chi connectivity index (χ4n) is 5.78. The van der Waals surface area contributed by atoms with Gasteiger partial charge in [0.05, 0.1) is 48.9 Å². The minimum Gasteiger partial charge on any atom is -0.494 e. The lowest BCUT2D eigenvalue weighted by molar-refractivity contribution is -0.140. The van der Waals surface area contributed by atoms with Gasteiger partial charge in [-0.1, -0.05) is 18.8 Å². The quantitative estimate of drug-likeness (QED) is 0.218. The summed E-state index contributed by atoms with van der Waals surface area (Å²) in [6.07, 6.45) is -2.76. The SMILES string of the molecule is CNC(=O)c1cc(NCC#Cc2cc(C(=O)N[C@@H]3CCN(C(C)(C)COC)C[C@H]3C)c3ncn(CC(F)(F)F)c3c2)c(OC)cc1F. The molecule has 0 aliphatic carbocycles. The average molecular weight is 661 g/mol. The van der Waals surface area contributed by atoms with Crippen LogP contribution in [0.2, 0.25) is 0 Å². The van der Waals surface area contributed by atoms with Crippen molar-refractivity contribution >= 4 is 28.5 Å². The Morgan fingerprint density at radius 2 is 1.85 bits per heavy atom. The molecule has 3 aromatic rings. The first-order valence-electron chi connectivity index (χ1n) is 15.1. The molecule has 2 aromatic carbocycles. The summed E-state index contributed by atoms with van der Waals surface area (Å²) >= 11 is 0. The van der Waals surface area contributed by atoms with Gasteiger partial charge >= 0.3 is 6.18 Å². The zero-order valence-electron chi connectivity index (χ0n) is 27.3. The molecule has 47 heavy (non-hydrogen) atoms. The van der Waals surface area contributed by atoms with Gasteiger partial charge in [-0.2, -0.15) is 13.2 Å². The zero-order valence-corrected chi connectivity index (χ0v) is 27.3. The van der Waals surface area contributed by atoms with E-state index in [1.54, 1.807) is 7.11 Å². The number of methoxy groups -OCH3 is 2. The number of fused-ring (bicyclic) bond motifs is 1. The summed E-state index contributed by atoms with van der Waals surface area (Å²) in [5.41, 5.74) is 0.616. The predicted molar refractivity (Wildman–Crippen MR) is 170 cm³/mol. The molecular formula is C33H40F4N6O4. The molecule has 0 saturated carbocycles. The molecule has 14 heteroatoms. The minimum absolute atomic E-state index is 0.00602. The smallest absolute Gasteiger partial charge is 0.406 e. The van der Waals surface area contributed by atoms with E-state index in [4.69, 9.17) is 9.47 Å². The van der Waals surface area contributed by atoms with Gasteiger partial charge < -0.3 is 30.0 Å². The fourth-order valence-corrected chi connectivity index (χ4v) is 5.78. The number of benzene rings is 2. The van der Waals surface area contributed by atoms with Crippen LogP contribution in [0.25, 0.3) is 11.0 Å². The lowest BCUT2D eigenvalue weighted by atomic mass is 9.89. The number of nitrogens with zero attached hydrogens (tertiary/aromatic N) is 3. The summed E-state index contributed by atoms with van der Waals surface area (Å²) in [6, 6.07) is 5.18. The Balaban J connectivity index is 1.59. The molecule has 1 aliphatic rings. The van der Waals surface area contributed by atoms with E-state index < -0.39 is 30.4 Å². The van der Waals surface area contributed by atoms with Crippen LogP contribution in [-0.4, -0.2) is 91.5 Å². The summed E-state index contributed by atoms with van der Waals surface area (Å²) < 4.78 is 66.0. The molecule has 10 nitrogen and oxygen atoms in total. The maximum atomic E-state index is 14.4. The minimum atomic E-state index is -4.51. The van der Waals surface area contributed by atoms with Gasteiger partial charge in [0.15, 0.2) is 0 Å². The largest absolute Gasteiger partial charge is 0.494 e. The molecule has 0 spiro atoms. The number of amides is 2. The van der Waals surface area contributed by atoms with Crippen molar-refractivity contribution in [1.29, 1.82) is 0 Å². The summed E-state index contributed by atoms with van der Waals surface area (Å²) in [5.74, 6) is 4.19. The van der Waals surface area contributed by atoms with Gasteiger partial charge in [0.1, 0.15) is 23.6 Å². The van der Waals surface area contributed by atoms with E-state index in [2.05, 4.69) is 58.4 Å². The molecule has 2 atom stereocenters. The number of hydrogen-bond acceptors (Lipinski definition) is 7. The monoisotopic (exact) mass is 660 g/mol. The van der Waals surface area contributed by atoms with Crippen molar-refractivity contribution in [2.24, 2.45) is 5.92 Å². The normalized spacial score (nSPS) is 17.1. The molecule has 254 valence electrons. The number of likely N-dealkylation sites (tertiary alicyclic amines) is 1. The number of anilines is 1. The lowest BCUT2D eigenvalue weighted by Gasteiger charge is -2.45. The highest BCUT2D eigenvalue weighted by Gasteiger charge is 2.35. The molecule has 2 amide bonds. The Hall–Kier alpha value is -4.35. The molecule has 0 bridgehead atoms. The van der Waals surface area contributed by atoms with E-state index in [9.17, 15) is 27.2 Å². The number of nitrogens with one attached hydrogen (secondary N) is 3. The molecule has 4 rings (SSSR count). The van der Waals surface area contributed by atoms with E-state index in [1.807, 2.05) is 0 Å². The van der Waals surface area contributed by atoms with Crippen LogP contribution in [0.4, 0.5) is 23.2 Å². The van der Waals surface area contributed by atoms with E-state index in [1.165, 1.54) is 32.4 Å². The number of carbonyl (C=O) groups excluding carboxylic acids is 2. The van der Waals surface area contributed by atoms with E-state index in [-0.39, 0.29) is 52.0 Å². The number of alkyl halides is 3.